The first-order valence-corrected chi connectivity index (χ1v) is 9.82. The predicted octanol–water partition coefficient (Wildman–Crippen LogP) is 6.51. The number of hydrogen-bond donors (Lipinski definition) is 0. The van der Waals surface area contributed by atoms with E-state index in [0.29, 0.717) is 10.8 Å². The van der Waals surface area contributed by atoms with Crippen molar-refractivity contribution in [2.24, 2.45) is 28.6 Å². The van der Waals surface area contributed by atoms with E-state index in [4.69, 9.17) is 0 Å². The molecule has 0 heterocycles. The Hall–Kier alpha value is -0.260. The molecule has 5 atom stereocenters. The molecule has 118 valence electrons. The molecule has 4 rings (SSSR count). The van der Waals surface area contributed by atoms with E-state index in [1.165, 1.54) is 70.6 Å². The minimum absolute atomic E-state index is 0.609. The predicted molar refractivity (Wildman–Crippen MR) is 90.2 cm³/mol. The van der Waals surface area contributed by atoms with Crippen LogP contribution in [0.15, 0.2) is 11.1 Å². The van der Waals surface area contributed by atoms with Crippen LogP contribution in [-0.4, -0.2) is 0 Å². The standard InChI is InChI=1S/C21H34/c1-4-15-9-11-18-17-10-8-16-7-5-6-13-20(16,2)19(17)12-14-21(15,18)3/h15-16,18H,4-14H2,1-3H3/t15-,16?,18-,20-,21+/m0/s1. The summed E-state index contributed by atoms with van der Waals surface area (Å²) in [6.45, 7) is 7.74. The first kappa shape index (κ1) is 14.3. The van der Waals surface area contributed by atoms with Crippen LogP contribution in [0.4, 0.5) is 0 Å². The van der Waals surface area contributed by atoms with E-state index in [9.17, 15) is 0 Å². The first-order valence-electron chi connectivity index (χ1n) is 9.82. The Kier molecular flexibility index (Phi) is 3.32. The number of allylic oxidation sites excluding steroid dienone is 2. The van der Waals surface area contributed by atoms with Crippen LogP contribution in [0.1, 0.15) is 91.4 Å². The van der Waals surface area contributed by atoms with Crippen LogP contribution >= 0.6 is 0 Å². The summed E-state index contributed by atoms with van der Waals surface area (Å²) in [5.41, 5.74) is 5.24. The summed E-state index contributed by atoms with van der Waals surface area (Å²) in [5, 5.41) is 0. The molecule has 0 bridgehead atoms. The Morgan fingerprint density at radius 2 is 1.81 bits per heavy atom. The number of hydrogen-bond acceptors (Lipinski definition) is 0. The van der Waals surface area contributed by atoms with Crippen molar-refractivity contribution in [1.82, 2.24) is 0 Å². The average Bonchev–Trinajstić information content (AvgIpc) is 2.83. The van der Waals surface area contributed by atoms with Gasteiger partial charge in [-0.2, -0.15) is 0 Å². The molecule has 0 amide bonds. The van der Waals surface area contributed by atoms with Crippen LogP contribution in [0.3, 0.4) is 0 Å². The minimum atomic E-state index is 0.609. The van der Waals surface area contributed by atoms with Crippen LogP contribution in [0.5, 0.6) is 0 Å². The Bertz CT molecular complexity index is 459. The Morgan fingerprint density at radius 3 is 2.62 bits per heavy atom. The summed E-state index contributed by atoms with van der Waals surface area (Å²) in [6.07, 6.45) is 16.4. The van der Waals surface area contributed by atoms with E-state index in [1.807, 2.05) is 11.1 Å². The maximum absolute atomic E-state index is 2.65. The Balaban J connectivity index is 1.73. The molecule has 4 aliphatic carbocycles. The molecule has 0 radical (unpaired) electrons. The van der Waals surface area contributed by atoms with Crippen LogP contribution < -0.4 is 0 Å². The molecule has 0 heteroatoms. The lowest BCUT2D eigenvalue weighted by Crippen LogP contribution is -2.43. The van der Waals surface area contributed by atoms with Crippen molar-refractivity contribution in [1.29, 1.82) is 0 Å². The zero-order chi connectivity index (χ0) is 14.7. The number of rotatable bonds is 1. The molecule has 0 aromatic heterocycles. The van der Waals surface area contributed by atoms with Gasteiger partial charge in [0, 0.05) is 0 Å². The van der Waals surface area contributed by atoms with Crippen LogP contribution in [0.25, 0.3) is 0 Å². The van der Waals surface area contributed by atoms with Crippen molar-refractivity contribution in [3.63, 3.8) is 0 Å². The van der Waals surface area contributed by atoms with Gasteiger partial charge < -0.3 is 0 Å². The smallest absolute Gasteiger partial charge is 0.00852 e. The van der Waals surface area contributed by atoms with E-state index >= 15 is 0 Å². The van der Waals surface area contributed by atoms with Crippen LogP contribution in [-0.2, 0) is 0 Å². The zero-order valence-corrected chi connectivity index (χ0v) is 14.5. The molecule has 4 aliphatic rings. The highest BCUT2D eigenvalue weighted by atomic mass is 14.6. The van der Waals surface area contributed by atoms with Gasteiger partial charge in [-0.3, -0.25) is 0 Å². The molecule has 1 unspecified atom stereocenters. The minimum Gasteiger partial charge on any atom is -0.0668 e. The zero-order valence-electron chi connectivity index (χ0n) is 14.5. The second kappa shape index (κ2) is 4.87. The third kappa shape index (κ3) is 1.86. The summed E-state index contributed by atoms with van der Waals surface area (Å²) >= 11 is 0. The van der Waals surface area contributed by atoms with Gasteiger partial charge in [0.25, 0.3) is 0 Å². The van der Waals surface area contributed by atoms with E-state index in [-0.39, 0.29) is 0 Å². The van der Waals surface area contributed by atoms with Crippen molar-refractivity contribution in [2.75, 3.05) is 0 Å². The second-order valence-electron chi connectivity index (χ2n) is 9.14. The maximum atomic E-state index is 2.65. The van der Waals surface area contributed by atoms with Crippen molar-refractivity contribution in [2.45, 2.75) is 91.4 Å². The van der Waals surface area contributed by atoms with Crippen molar-refractivity contribution >= 4 is 0 Å². The summed E-state index contributed by atoms with van der Waals surface area (Å²) in [6, 6.07) is 0. The van der Waals surface area contributed by atoms with Gasteiger partial charge in [-0.25, -0.2) is 0 Å². The monoisotopic (exact) mass is 286 g/mol. The molecule has 0 spiro atoms. The molecule has 2 saturated carbocycles. The van der Waals surface area contributed by atoms with Gasteiger partial charge in [0.1, 0.15) is 0 Å². The molecule has 2 fully saturated rings. The molecular formula is C21H34. The lowest BCUT2D eigenvalue weighted by Gasteiger charge is -2.54. The van der Waals surface area contributed by atoms with E-state index < -0.39 is 0 Å². The highest BCUT2D eigenvalue weighted by Crippen LogP contribution is 2.65. The van der Waals surface area contributed by atoms with Gasteiger partial charge in [0.2, 0.25) is 0 Å². The lowest BCUT2D eigenvalue weighted by atomic mass is 9.51. The second-order valence-corrected chi connectivity index (χ2v) is 9.14. The molecule has 0 aromatic rings. The average molecular weight is 287 g/mol. The van der Waals surface area contributed by atoms with E-state index in [0.717, 1.165) is 17.8 Å². The first-order chi connectivity index (χ1) is 10.1. The molecule has 0 aliphatic heterocycles. The summed E-state index contributed by atoms with van der Waals surface area (Å²) in [4.78, 5) is 0. The molecule has 0 N–H and O–H groups in total. The highest BCUT2D eigenvalue weighted by molar-refractivity contribution is 5.34. The maximum Gasteiger partial charge on any atom is -0.00852 e. The summed E-state index contributed by atoms with van der Waals surface area (Å²) < 4.78 is 0. The van der Waals surface area contributed by atoms with Gasteiger partial charge in [0.05, 0.1) is 0 Å². The summed E-state index contributed by atoms with van der Waals surface area (Å²) in [5.74, 6) is 3.00. The molecule has 21 heavy (non-hydrogen) atoms. The molecule has 0 aromatic carbocycles. The Labute approximate surface area is 131 Å². The van der Waals surface area contributed by atoms with E-state index in [1.54, 1.807) is 0 Å². The third-order valence-electron chi connectivity index (χ3n) is 8.60. The van der Waals surface area contributed by atoms with Gasteiger partial charge in [-0.15, -0.1) is 0 Å². The fourth-order valence-electron chi connectivity index (χ4n) is 7.27. The van der Waals surface area contributed by atoms with E-state index in [2.05, 4.69) is 20.8 Å². The fourth-order valence-corrected chi connectivity index (χ4v) is 7.27. The van der Waals surface area contributed by atoms with Gasteiger partial charge in [0.15, 0.2) is 0 Å². The van der Waals surface area contributed by atoms with Crippen LogP contribution in [0.2, 0.25) is 0 Å². The van der Waals surface area contributed by atoms with Gasteiger partial charge in [-0.1, -0.05) is 51.2 Å². The largest absolute Gasteiger partial charge is 0.0668 e. The third-order valence-corrected chi connectivity index (χ3v) is 8.60. The van der Waals surface area contributed by atoms with Gasteiger partial charge in [-0.05, 0) is 80.0 Å². The lowest BCUT2D eigenvalue weighted by molar-refractivity contribution is 0.0826. The van der Waals surface area contributed by atoms with Crippen molar-refractivity contribution < 1.29 is 0 Å². The molecule has 0 saturated heterocycles. The van der Waals surface area contributed by atoms with Gasteiger partial charge >= 0.3 is 0 Å². The highest BCUT2D eigenvalue weighted by Gasteiger charge is 2.53. The summed E-state index contributed by atoms with van der Waals surface area (Å²) in [7, 11) is 0. The molecule has 0 nitrogen and oxygen atoms in total. The topological polar surface area (TPSA) is 0 Å². The molecular weight excluding hydrogens is 252 g/mol. The normalized spacial score (nSPS) is 49.6. The van der Waals surface area contributed by atoms with Crippen molar-refractivity contribution in [3.05, 3.63) is 11.1 Å². The fraction of sp³-hybridized carbons (Fsp3) is 0.905. The number of fused-ring (bicyclic) bond motifs is 4. The Morgan fingerprint density at radius 1 is 0.952 bits per heavy atom. The van der Waals surface area contributed by atoms with Crippen molar-refractivity contribution in [3.8, 4) is 0 Å². The SMILES string of the molecule is CC[C@H]1CC[C@H]2C3=C(CC[C@]12C)[C@@]1(C)CCCCC1CC3. The van der Waals surface area contributed by atoms with Crippen LogP contribution in [0, 0.1) is 28.6 Å². The quantitative estimate of drug-likeness (QED) is 0.482.